The van der Waals surface area contributed by atoms with Gasteiger partial charge in [-0.25, -0.2) is 15.0 Å². The fourth-order valence-electron chi connectivity index (χ4n) is 1.32. The third-order valence-corrected chi connectivity index (χ3v) is 2.14. The number of hydrogen-bond acceptors (Lipinski definition) is 5. The van der Waals surface area contributed by atoms with Gasteiger partial charge < -0.3 is 9.30 Å². The molecule has 0 aliphatic carbocycles. The molecule has 2 aromatic rings. The van der Waals surface area contributed by atoms with Crippen LogP contribution in [0.3, 0.4) is 0 Å². The molecule has 0 amide bonds. The Kier molecular flexibility index (Phi) is 3.00. The lowest BCUT2D eigenvalue weighted by Gasteiger charge is -2.10. The largest absolute Gasteiger partial charge is 0.444 e. The van der Waals surface area contributed by atoms with Gasteiger partial charge >= 0.3 is 5.97 Å². The first-order valence-corrected chi connectivity index (χ1v) is 5.02. The number of ether oxygens (including phenoxy) is 1. The summed E-state index contributed by atoms with van der Waals surface area (Å²) in [6, 6.07) is 0. The number of imidazole rings is 1. The summed E-state index contributed by atoms with van der Waals surface area (Å²) in [6.45, 7) is 1.61. The Bertz CT molecular complexity index is 513. The molecule has 0 aliphatic heterocycles. The van der Waals surface area contributed by atoms with Gasteiger partial charge in [-0.2, -0.15) is 0 Å². The van der Waals surface area contributed by atoms with E-state index in [1.54, 1.807) is 17.1 Å². The summed E-state index contributed by atoms with van der Waals surface area (Å²) in [4.78, 5) is 22.7. The molecule has 16 heavy (non-hydrogen) atoms. The van der Waals surface area contributed by atoms with E-state index in [9.17, 15) is 4.79 Å². The maximum absolute atomic E-state index is 10.7. The Morgan fingerprint density at radius 3 is 3.19 bits per heavy atom. The second kappa shape index (κ2) is 4.44. The lowest BCUT2D eigenvalue weighted by Crippen LogP contribution is -2.16. The van der Waals surface area contributed by atoms with Gasteiger partial charge in [-0.15, -0.1) is 0 Å². The highest BCUT2D eigenvalue weighted by atomic mass is 35.5. The number of halogens is 1. The lowest BCUT2D eigenvalue weighted by atomic mass is 10.5. The molecule has 2 aromatic heterocycles. The summed E-state index contributed by atoms with van der Waals surface area (Å²) in [5.41, 5.74) is 0.604. The van der Waals surface area contributed by atoms with E-state index in [4.69, 9.17) is 16.3 Å². The van der Waals surface area contributed by atoms with Gasteiger partial charge in [-0.05, 0) is 0 Å². The van der Waals surface area contributed by atoms with Crippen LogP contribution in [0.5, 0.6) is 0 Å². The molecule has 0 saturated heterocycles. The van der Waals surface area contributed by atoms with Crippen LogP contribution in [0.4, 0.5) is 0 Å². The Morgan fingerprint density at radius 1 is 1.62 bits per heavy atom. The molecule has 0 aromatic carbocycles. The maximum Gasteiger partial charge on any atom is 0.304 e. The van der Waals surface area contributed by atoms with Gasteiger partial charge in [0.05, 0.1) is 19.1 Å². The second-order valence-corrected chi connectivity index (χ2v) is 3.63. The molecule has 0 spiro atoms. The smallest absolute Gasteiger partial charge is 0.304 e. The normalized spacial score (nSPS) is 12.6. The SMILES string of the molecule is CC(=O)OC(Cl)Cn1cnc2cncnc21. The van der Waals surface area contributed by atoms with Crippen molar-refractivity contribution in [3.63, 3.8) is 0 Å². The van der Waals surface area contributed by atoms with Crippen molar-refractivity contribution in [1.29, 1.82) is 0 Å². The van der Waals surface area contributed by atoms with Gasteiger partial charge in [0.25, 0.3) is 0 Å². The molecule has 2 rings (SSSR count). The van der Waals surface area contributed by atoms with Crippen molar-refractivity contribution in [2.45, 2.75) is 19.0 Å². The fourth-order valence-corrected chi connectivity index (χ4v) is 1.59. The first-order valence-electron chi connectivity index (χ1n) is 4.59. The van der Waals surface area contributed by atoms with Crippen LogP contribution in [-0.4, -0.2) is 31.1 Å². The maximum atomic E-state index is 10.7. The van der Waals surface area contributed by atoms with E-state index in [0.29, 0.717) is 17.7 Å². The van der Waals surface area contributed by atoms with Crippen LogP contribution < -0.4 is 0 Å². The number of nitrogens with zero attached hydrogens (tertiary/aromatic N) is 4. The van der Waals surface area contributed by atoms with E-state index in [0.717, 1.165) is 0 Å². The molecule has 0 fully saturated rings. The Balaban J connectivity index is 2.18. The van der Waals surface area contributed by atoms with Crippen LogP contribution >= 0.6 is 11.6 Å². The zero-order valence-corrected chi connectivity index (χ0v) is 9.26. The molecule has 0 radical (unpaired) electrons. The van der Waals surface area contributed by atoms with Crippen molar-refractivity contribution in [3.05, 3.63) is 18.9 Å². The zero-order chi connectivity index (χ0) is 11.5. The van der Waals surface area contributed by atoms with Crippen LogP contribution in [0.1, 0.15) is 6.92 Å². The Morgan fingerprint density at radius 2 is 2.44 bits per heavy atom. The van der Waals surface area contributed by atoms with Crippen LogP contribution in [0.2, 0.25) is 0 Å². The minimum atomic E-state index is -0.732. The van der Waals surface area contributed by atoms with E-state index < -0.39 is 11.5 Å². The van der Waals surface area contributed by atoms with Crippen molar-refractivity contribution in [2.24, 2.45) is 0 Å². The molecule has 84 valence electrons. The summed E-state index contributed by atoms with van der Waals surface area (Å²) < 4.78 is 6.51. The van der Waals surface area contributed by atoms with E-state index in [-0.39, 0.29) is 0 Å². The van der Waals surface area contributed by atoms with E-state index in [1.807, 2.05) is 0 Å². The highest BCUT2D eigenvalue weighted by Gasteiger charge is 2.11. The van der Waals surface area contributed by atoms with Crippen molar-refractivity contribution >= 4 is 28.7 Å². The number of hydrogen-bond donors (Lipinski definition) is 0. The molecule has 0 N–H and O–H groups in total. The first kappa shape index (κ1) is 10.8. The molecule has 1 unspecified atom stereocenters. The first-order chi connectivity index (χ1) is 7.66. The average Bonchev–Trinajstić information content (AvgIpc) is 2.61. The lowest BCUT2D eigenvalue weighted by molar-refractivity contribution is -0.143. The minimum absolute atomic E-state index is 0.300. The van der Waals surface area contributed by atoms with Gasteiger partial charge in [0.2, 0.25) is 0 Å². The number of carbonyl (C=O) groups excluding carboxylic acids is 1. The number of aromatic nitrogens is 4. The number of esters is 1. The molecule has 0 saturated carbocycles. The number of fused-ring (bicyclic) bond motifs is 1. The fraction of sp³-hybridized carbons (Fsp3) is 0.333. The summed E-state index contributed by atoms with van der Waals surface area (Å²) in [7, 11) is 0. The van der Waals surface area contributed by atoms with E-state index in [1.165, 1.54) is 13.3 Å². The van der Waals surface area contributed by atoms with Crippen molar-refractivity contribution in [1.82, 2.24) is 19.5 Å². The summed E-state index contributed by atoms with van der Waals surface area (Å²) >= 11 is 5.83. The summed E-state index contributed by atoms with van der Waals surface area (Å²) in [5, 5.41) is 0. The molecule has 6 nitrogen and oxygen atoms in total. The van der Waals surface area contributed by atoms with Gasteiger partial charge in [0.15, 0.2) is 11.2 Å². The Hall–Kier alpha value is -1.69. The third-order valence-electron chi connectivity index (χ3n) is 1.91. The van der Waals surface area contributed by atoms with E-state index in [2.05, 4.69) is 15.0 Å². The highest BCUT2D eigenvalue weighted by molar-refractivity contribution is 6.20. The third kappa shape index (κ3) is 2.27. The van der Waals surface area contributed by atoms with Gasteiger partial charge in [-0.1, -0.05) is 11.6 Å². The Labute approximate surface area is 96.2 Å². The van der Waals surface area contributed by atoms with Crippen LogP contribution in [-0.2, 0) is 16.1 Å². The number of carbonyl (C=O) groups is 1. The molecule has 7 heteroatoms. The standard InChI is InChI=1S/C9H9ClN4O2/c1-6(15)16-8(10)3-14-5-13-7-2-11-4-12-9(7)14/h2,4-5,8H,3H2,1H3. The van der Waals surface area contributed by atoms with Crippen LogP contribution in [0.15, 0.2) is 18.9 Å². The predicted molar refractivity (Wildman–Crippen MR) is 56.7 cm³/mol. The second-order valence-electron chi connectivity index (χ2n) is 3.15. The van der Waals surface area contributed by atoms with Gasteiger partial charge in [0.1, 0.15) is 11.8 Å². The van der Waals surface area contributed by atoms with Crippen molar-refractivity contribution in [3.8, 4) is 0 Å². The zero-order valence-electron chi connectivity index (χ0n) is 8.50. The molecule has 0 bridgehead atoms. The van der Waals surface area contributed by atoms with Crippen molar-refractivity contribution < 1.29 is 9.53 Å². The molecular weight excluding hydrogens is 232 g/mol. The average molecular weight is 241 g/mol. The number of rotatable bonds is 3. The van der Waals surface area contributed by atoms with E-state index >= 15 is 0 Å². The topological polar surface area (TPSA) is 69.9 Å². The summed E-state index contributed by atoms with van der Waals surface area (Å²) in [6.07, 6.45) is 4.61. The van der Waals surface area contributed by atoms with Gasteiger partial charge in [0, 0.05) is 6.92 Å². The minimum Gasteiger partial charge on any atom is -0.444 e. The summed E-state index contributed by atoms with van der Waals surface area (Å²) in [5.74, 6) is -0.418. The monoisotopic (exact) mass is 240 g/mol. The molecular formula is C9H9ClN4O2. The molecule has 1 atom stereocenters. The van der Waals surface area contributed by atoms with Crippen LogP contribution in [0, 0.1) is 0 Å². The molecule has 2 heterocycles. The van der Waals surface area contributed by atoms with Crippen molar-refractivity contribution in [2.75, 3.05) is 0 Å². The molecule has 0 aliphatic rings. The predicted octanol–water partition coefficient (Wildman–Crippen LogP) is 0.954. The van der Waals surface area contributed by atoms with Crippen LogP contribution in [0.25, 0.3) is 11.2 Å². The number of alkyl halides is 1. The quantitative estimate of drug-likeness (QED) is 0.590. The highest BCUT2D eigenvalue weighted by Crippen LogP contribution is 2.10. The van der Waals surface area contributed by atoms with Gasteiger partial charge in [-0.3, -0.25) is 4.79 Å².